The van der Waals surface area contributed by atoms with Gasteiger partial charge in [0.1, 0.15) is 12.4 Å². The Labute approximate surface area is 109 Å². The van der Waals surface area contributed by atoms with Crippen LogP contribution in [0.1, 0.15) is 12.0 Å². The van der Waals surface area contributed by atoms with E-state index in [0.29, 0.717) is 13.2 Å². The highest BCUT2D eigenvalue weighted by Gasteiger charge is 2.08. The minimum Gasteiger partial charge on any atom is -0.492 e. The third-order valence-corrected chi connectivity index (χ3v) is 3.13. The third kappa shape index (κ3) is 4.29. The topological polar surface area (TPSA) is 47.7 Å². The minimum atomic E-state index is 0.556. The molecule has 1 saturated heterocycles. The summed E-state index contributed by atoms with van der Waals surface area (Å²) in [4.78, 5) is 2.39. The predicted octanol–water partition coefficient (Wildman–Crippen LogP) is 1.25. The Morgan fingerprint density at radius 2 is 2.22 bits per heavy atom. The second-order valence-electron chi connectivity index (χ2n) is 4.51. The maximum absolute atomic E-state index is 5.75. The fraction of sp³-hybridized carbons (Fsp3) is 0.571. The molecular weight excluding hydrogens is 228 g/mol. The van der Waals surface area contributed by atoms with Gasteiger partial charge in [-0.25, -0.2) is 0 Å². The molecule has 0 aromatic heterocycles. The van der Waals surface area contributed by atoms with E-state index in [4.69, 9.17) is 15.2 Å². The molecule has 2 N–H and O–H groups in total. The van der Waals surface area contributed by atoms with E-state index >= 15 is 0 Å². The number of nitrogens with zero attached hydrogens (tertiary/aromatic N) is 1. The average molecular weight is 250 g/mol. The van der Waals surface area contributed by atoms with E-state index in [1.54, 1.807) is 0 Å². The van der Waals surface area contributed by atoms with Gasteiger partial charge in [0, 0.05) is 32.8 Å². The normalized spacial score (nSPS) is 17.4. The Balaban J connectivity index is 1.73. The molecule has 0 aliphatic carbocycles. The zero-order valence-corrected chi connectivity index (χ0v) is 10.8. The highest BCUT2D eigenvalue weighted by molar-refractivity contribution is 5.28. The van der Waals surface area contributed by atoms with Crippen molar-refractivity contribution in [3.05, 3.63) is 29.8 Å². The first kappa shape index (κ1) is 13.3. The smallest absolute Gasteiger partial charge is 0.119 e. The lowest BCUT2D eigenvalue weighted by atomic mass is 10.2. The van der Waals surface area contributed by atoms with Gasteiger partial charge in [0.2, 0.25) is 0 Å². The Bertz CT molecular complexity index is 349. The molecule has 4 heteroatoms. The molecule has 1 aromatic rings. The number of nitrogens with two attached hydrogens (primary N) is 1. The van der Waals surface area contributed by atoms with Gasteiger partial charge in [-0.2, -0.15) is 0 Å². The highest BCUT2D eigenvalue weighted by Crippen LogP contribution is 2.12. The van der Waals surface area contributed by atoms with Crippen LogP contribution < -0.4 is 10.5 Å². The van der Waals surface area contributed by atoms with E-state index in [2.05, 4.69) is 4.90 Å². The van der Waals surface area contributed by atoms with Crippen LogP contribution in [-0.2, 0) is 11.3 Å². The molecule has 2 rings (SSSR count). The highest BCUT2D eigenvalue weighted by atomic mass is 16.5. The Kier molecular flexibility index (Phi) is 5.45. The van der Waals surface area contributed by atoms with Gasteiger partial charge in [-0.05, 0) is 24.1 Å². The van der Waals surface area contributed by atoms with E-state index in [-0.39, 0.29) is 0 Å². The van der Waals surface area contributed by atoms with Crippen LogP contribution in [0.4, 0.5) is 0 Å². The summed E-state index contributed by atoms with van der Waals surface area (Å²) in [5.41, 5.74) is 6.71. The van der Waals surface area contributed by atoms with Crippen molar-refractivity contribution in [2.75, 3.05) is 39.5 Å². The minimum absolute atomic E-state index is 0.556. The van der Waals surface area contributed by atoms with Crippen molar-refractivity contribution in [1.82, 2.24) is 4.90 Å². The second kappa shape index (κ2) is 7.36. The van der Waals surface area contributed by atoms with E-state index in [0.717, 1.165) is 50.6 Å². The van der Waals surface area contributed by atoms with E-state index in [1.165, 1.54) is 0 Å². The fourth-order valence-corrected chi connectivity index (χ4v) is 2.08. The van der Waals surface area contributed by atoms with Gasteiger partial charge in [0.25, 0.3) is 0 Å². The summed E-state index contributed by atoms with van der Waals surface area (Å²) in [7, 11) is 0. The monoisotopic (exact) mass is 250 g/mol. The van der Waals surface area contributed by atoms with Crippen LogP contribution in [0.25, 0.3) is 0 Å². The lowest BCUT2D eigenvalue weighted by molar-refractivity contribution is 0.137. The number of ether oxygens (including phenoxy) is 2. The number of benzene rings is 1. The van der Waals surface area contributed by atoms with Crippen LogP contribution in [-0.4, -0.2) is 44.4 Å². The van der Waals surface area contributed by atoms with Crippen LogP contribution >= 0.6 is 0 Å². The lowest BCUT2D eigenvalue weighted by Gasteiger charge is -2.19. The van der Waals surface area contributed by atoms with Gasteiger partial charge in [-0.15, -0.1) is 0 Å². The maximum Gasteiger partial charge on any atom is 0.119 e. The van der Waals surface area contributed by atoms with Crippen LogP contribution in [0.3, 0.4) is 0 Å². The number of rotatable bonds is 5. The second-order valence-corrected chi connectivity index (χ2v) is 4.51. The summed E-state index contributed by atoms with van der Waals surface area (Å²) in [6.07, 6.45) is 1.11. The van der Waals surface area contributed by atoms with Crippen molar-refractivity contribution in [2.45, 2.75) is 13.0 Å². The molecule has 0 unspecified atom stereocenters. The van der Waals surface area contributed by atoms with Crippen molar-refractivity contribution in [3.8, 4) is 5.75 Å². The molecule has 0 spiro atoms. The first-order valence-corrected chi connectivity index (χ1v) is 6.60. The van der Waals surface area contributed by atoms with Crippen molar-refractivity contribution in [1.29, 1.82) is 0 Å². The van der Waals surface area contributed by atoms with E-state index in [1.807, 2.05) is 24.3 Å². The zero-order chi connectivity index (χ0) is 12.6. The van der Waals surface area contributed by atoms with Gasteiger partial charge < -0.3 is 15.2 Å². The summed E-state index contributed by atoms with van der Waals surface area (Å²) >= 11 is 0. The first-order chi connectivity index (χ1) is 8.88. The quantitative estimate of drug-likeness (QED) is 0.854. The summed E-state index contributed by atoms with van der Waals surface area (Å²) in [6, 6.07) is 7.98. The molecule has 0 radical (unpaired) electrons. The maximum atomic E-state index is 5.75. The van der Waals surface area contributed by atoms with Gasteiger partial charge in [-0.1, -0.05) is 12.1 Å². The molecule has 1 aliphatic rings. The van der Waals surface area contributed by atoms with Crippen LogP contribution in [0.2, 0.25) is 0 Å². The lowest BCUT2D eigenvalue weighted by Crippen LogP contribution is -2.30. The fourth-order valence-electron chi connectivity index (χ4n) is 2.08. The largest absolute Gasteiger partial charge is 0.492 e. The molecule has 0 saturated carbocycles. The van der Waals surface area contributed by atoms with Crippen LogP contribution in [0, 0.1) is 0 Å². The SMILES string of the molecule is NCc1cccc(OCCN2CCCOCC2)c1. The summed E-state index contributed by atoms with van der Waals surface area (Å²) in [5.74, 6) is 0.907. The summed E-state index contributed by atoms with van der Waals surface area (Å²) in [5, 5.41) is 0. The summed E-state index contributed by atoms with van der Waals surface area (Å²) < 4.78 is 11.2. The molecule has 4 nitrogen and oxygen atoms in total. The molecule has 0 bridgehead atoms. The van der Waals surface area contributed by atoms with Gasteiger partial charge >= 0.3 is 0 Å². The van der Waals surface area contributed by atoms with Gasteiger partial charge in [0.05, 0.1) is 6.61 Å². The van der Waals surface area contributed by atoms with E-state index < -0.39 is 0 Å². The van der Waals surface area contributed by atoms with Crippen LogP contribution in [0.15, 0.2) is 24.3 Å². The summed E-state index contributed by atoms with van der Waals surface area (Å²) in [6.45, 7) is 6.06. The first-order valence-electron chi connectivity index (χ1n) is 6.60. The molecule has 1 aliphatic heterocycles. The Hall–Kier alpha value is -1.10. The number of hydrogen-bond acceptors (Lipinski definition) is 4. The third-order valence-electron chi connectivity index (χ3n) is 3.13. The van der Waals surface area contributed by atoms with Crippen LogP contribution in [0.5, 0.6) is 5.75 Å². The molecule has 100 valence electrons. The number of hydrogen-bond donors (Lipinski definition) is 1. The molecule has 0 atom stereocenters. The standard InChI is InChI=1S/C14H22N2O2/c15-12-13-3-1-4-14(11-13)18-10-7-16-5-2-8-17-9-6-16/h1,3-4,11H,2,5-10,12,15H2. The Morgan fingerprint density at radius 1 is 1.28 bits per heavy atom. The van der Waals surface area contributed by atoms with Crippen molar-refractivity contribution in [2.24, 2.45) is 5.73 Å². The molecule has 18 heavy (non-hydrogen) atoms. The molecular formula is C14H22N2O2. The van der Waals surface area contributed by atoms with Gasteiger partial charge in [0.15, 0.2) is 0 Å². The Morgan fingerprint density at radius 3 is 3.11 bits per heavy atom. The molecule has 1 aromatic carbocycles. The molecule has 1 heterocycles. The van der Waals surface area contributed by atoms with Gasteiger partial charge in [-0.3, -0.25) is 4.90 Å². The van der Waals surface area contributed by atoms with E-state index in [9.17, 15) is 0 Å². The molecule has 1 fully saturated rings. The molecule has 0 amide bonds. The zero-order valence-electron chi connectivity index (χ0n) is 10.8. The van der Waals surface area contributed by atoms with Crippen molar-refractivity contribution < 1.29 is 9.47 Å². The average Bonchev–Trinajstić information content (AvgIpc) is 2.68. The van der Waals surface area contributed by atoms with Crippen molar-refractivity contribution in [3.63, 3.8) is 0 Å². The van der Waals surface area contributed by atoms with Crippen molar-refractivity contribution >= 4 is 0 Å². The predicted molar refractivity (Wildman–Crippen MR) is 71.7 cm³/mol.